The van der Waals surface area contributed by atoms with Gasteiger partial charge in [-0.05, 0) is 98.7 Å². The Morgan fingerprint density at radius 1 is 0.444 bits per heavy atom. The van der Waals surface area contributed by atoms with Crippen molar-refractivity contribution in [3.05, 3.63) is 0 Å². The Labute approximate surface area is 112 Å². The van der Waals surface area contributed by atoms with Crippen molar-refractivity contribution in [3.63, 3.8) is 0 Å². The predicted molar refractivity (Wildman–Crippen MR) is 74.1 cm³/mol. The highest BCUT2D eigenvalue weighted by molar-refractivity contribution is 5.05. The second-order valence-electron chi connectivity index (χ2n) is 8.50. The van der Waals surface area contributed by atoms with Gasteiger partial charge in [-0.3, -0.25) is 0 Å². The minimum absolute atomic E-state index is 1.16. The molecular formula is C18H28. The molecule has 0 spiro atoms. The number of fused-ring (bicyclic) bond motifs is 7. The number of rotatable bonds is 1. The van der Waals surface area contributed by atoms with Crippen LogP contribution in [0, 0.1) is 47.3 Å². The smallest absolute Gasteiger partial charge is 0.0323 e. The minimum Gasteiger partial charge on any atom is -0.0502 e. The van der Waals surface area contributed by atoms with Crippen molar-refractivity contribution in [3.8, 4) is 0 Å². The Bertz CT molecular complexity index is 346. The number of hydrogen-bond donors (Lipinski definition) is 0. The van der Waals surface area contributed by atoms with Crippen LogP contribution in [0.4, 0.5) is 0 Å². The summed E-state index contributed by atoms with van der Waals surface area (Å²) < 4.78 is 0. The van der Waals surface area contributed by atoms with E-state index in [1.54, 1.807) is 64.2 Å². The van der Waals surface area contributed by atoms with Gasteiger partial charge < -0.3 is 0 Å². The fourth-order valence-electron chi connectivity index (χ4n) is 7.62. The van der Waals surface area contributed by atoms with Gasteiger partial charge in [-0.25, -0.2) is 0 Å². The van der Waals surface area contributed by atoms with Crippen LogP contribution in [-0.4, -0.2) is 0 Å². The van der Waals surface area contributed by atoms with Crippen molar-refractivity contribution in [2.24, 2.45) is 47.3 Å². The summed E-state index contributed by atoms with van der Waals surface area (Å²) >= 11 is 0. The Kier molecular flexibility index (Phi) is 2.25. The van der Waals surface area contributed by atoms with Gasteiger partial charge in [0, 0.05) is 0 Å². The summed E-state index contributed by atoms with van der Waals surface area (Å²) in [6.07, 6.45) is 16.2. The summed E-state index contributed by atoms with van der Waals surface area (Å²) in [6, 6.07) is 0. The molecule has 0 aromatic rings. The highest BCUT2D eigenvalue weighted by Gasteiger charge is 2.56. The largest absolute Gasteiger partial charge is 0.0502 e. The molecule has 0 amide bonds. The molecule has 0 heteroatoms. The molecule has 0 aromatic carbocycles. The Balaban J connectivity index is 1.41. The van der Waals surface area contributed by atoms with Crippen LogP contribution >= 0.6 is 0 Å². The fraction of sp³-hybridized carbons (Fsp3) is 1.00. The lowest BCUT2D eigenvalue weighted by atomic mass is 9.66. The first-order valence-electron chi connectivity index (χ1n) is 8.90. The summed E-state index contributed by atoms with van der Waals surface area (Å²) in [6.45, 7) is 0. The molecule has 0 radical (unpaired) electrons. The molecule has 4 bridgehead atoms. The van der Waals surface area contributed by atoms with Crippen LogP contribution in [0.3, 0.4) is 0 Å². The molecule has 5 aliphatic rings. The summed E-state index contributed by atoms with van der Waals surface area (Å²) in [5.74, 6) is 9.48. The van der Waals surface area contributed by atoms with E-state index < -0.39 is 0 Å². The molecule has 0 heterocycles. The average molecular weight is 244 g/mol. The first-order chi connectivity index (χ1) is 8.90. The molecule has 5 rings (SSSR count). The molecule has 0 aromatic heterocycles. The van der Waals surface area contributed by atoms with Gasteiger partial charge in [-0.15, -0.1) is 0 Å². The highest BCUT2D eigenvalue weighted by Crippen LogP contribution is 2.64. The van der Waals surface area contributed by atoms with Crippen molar-refractivity contribution in [1.82, 2.24) is 0 Å². The van der Waals surface area contributed by atoms with Crippen molar-refractivity contribution in [2.45, 2.75) is 64.2 Å². The maximum Gasteiger partial charge on any atom is -0.0323 e. The second-order valence-corrected chi connectivity index (χ2v) is 8.50. The van der Waals surface area contributed by atoms with E-state index in [0.717, 1.165) is 5.92 Å². The van der Waals surface area contributed by atoms with E-state index in [2.05, 4.69) is 0 Å². The lowest BCUT2D eigenvalue weighted by Crippen LogP contribution is -2.32. The van der Waals surface area contributed by atoms with E-state index in [9.17, 15) is 0 Å². The van der Waals surface area contributed by atoms with Crippen LogP contribution in [0.15, 0.2) is 0 Å². The Morgan fingerprint density at radius 3 is 2.11 bits per heavy atom. The third-order valence-corrected chi connectivity index (χ3v) is 8.13. The molecule has 0 nitrogen and oxygen atoms in total. The predicted octanol–water partition coefficient (Wildman–Crippen LogP) is 4.89. The van der Waals surface area contributed by atoms with Crippen LogP contribution in [0.1, 0.15) is 64.2 Å². The van der Waals surface area contributed by atoms with Gasteiger partial charge in [0.05, 0.1) is 0 Å². The SMILES string of the molecule is C1CC2CC1CCC2C1CCC2C3CCC(C3)C21. The van der Waals surface area contributed by atoms with Crippen LogP contribution in [0.5, 0.6) is 0 Å². The first kappa shape index (κ1) is 10.7. The molecule has 8 atom stereocenters. The van der Waals surface area contributed by atoms with E-state index in [1.807, 2.05) is 0 Å². The number of hydrogen-bond acceptors (Lipinski definition) is 0. The Hall–Kier alpha value is 0. The van der Waals surface area contributed by atoms with E-state index in [0.29, 0.717) is 0 Å². The first-order valence-corrected chi connectivity index (χ1v) is 8.90. The van der Waals surface area contributed by atoms with E-state index in [-0.39, 0.29) is 0 Å². The fourth-order valence-corrected chi connectivity index (χ4v) is 7.62. The zero-order valence-corrected chi connectivity index (χ0v) is 11.7. The van der Waals surface area contributed by atoms with Crippen LogP contribution in [0.25, 0.3) is 0 Å². The monoisotopic (exact) mass is 244 g/mol. The molecule has 0 aliphatic heterocycles. The molecule has 5 aliphatic carbocycles. The van der Waals surface area contributed by atoms with Crippen molar-refractivity contribution in [1.29, 1.82) is 0 Å². The molecule has 0 saturated heterocycles. The van der Waals surface area contributed by atoms with Crippen molar-refractivity contribution >= 4 is 0 Å². The molecule has 100 valence electrons. The second kappa shape index (κ2) is 3.76. The topological polar surface area (TPSA) is 0 Å². The van der Waals surface area contributed by atoms with Gasteiger partial charge in [0.1, 0.15) is 0 Å². The summed E-state index contributed by atoms with van der Waals surface area (Å²) in [5.41, 5.74) is 0. The van der Waals surface area contributed by atoms with Crippen LogP contribution in [-0.2, 0) is 0 Å². The van der Waals surface area contributed by atoms with Gasteiger partial charge >= 0.3 is 0 Å². The molecule has 5 fully saturated rings. The molecule has 8 unspecified atom stereocenters. The van der Waals surface area contributed by atoms with Gasteiger partial charge in [-0.1, -0.05) is 12.8 Å². The third kappa shape index (κ3) is 1.33. The molecule has 0 N–H and O–H groups in total. The summed E-state index contributed by atoms with van der Waals surface area (Å²) in [4.78, 5) is 0. The molecular weight excluding hydrogens is 216 g/mol. The summed E-state index contributed by atoms with van der Waals surface area (Å²) in [7, 11) is 0. The van der Waals surface area contributed by atoms with Crippen molar-refractivity contribution in [2.75, 3.05) is 0 Å². The molecule has 5 saturated carbocycles. The van der Waals surface area contributed by atoms with Gasteiger partial charge in [0.25, 0.3) is 0 Å². The zero-order chi connectivity index (χ0) is 11.7. The third-order valence-electron chi connectivity index (χ3n) is 8.13. The van der Waals surface area contributed by atoms with Gasteiger partial charge in [0.15, 0.2) is 0 Å². The van der Waals surface area contributed by atoms with E-state index in [4.69, 9.17) is 0 Å². The maximum absolute atomic E-state index is 1.64. The quantitative estimate of drug-likeness (QED) is 0.616. The minimum atomic E-state index is 1.16. The van der Waals surface area contributed by atoms with E-state index >= 15 is 0 Å². The van der Waals surface area contributed by atoms with Gasteiger partial charge in [-0.2, -0.15) is 0 Å². The normalized spacial score (nSPS) is 61.3. The van der Waals surface area contributed by atoms with Gasteiger partial charge in [0.2, 0.25) is 0 Å². The zero-order valence-electron chi connectivity index (χ0n) is 11.7. The maximum atomic E-state index is 1.64. The average Bonchev–Trinajstić information content (AvgIpc) is 3.11. The standard InChI is InChI=1S/C18H28/c1-3-12-9-11(1)2-6-15(12)17-8-7-16-13-4-5-14(10-13)18(16)17/h11-18H,1-10H2. The van der Waals surface area contributed by atoms with Crippen LogP contribution < -0.4 is 0 Å². The molecule has 18 heavy (non-hydrogen) atoms. The van der Waals surface area contributed by atoms with Crippen LogP contribution in [0.2, 0.25) is 0 Å². The Morgan fingerprint density at radius 2 is 1.11 bits per heavy atom. The highest BCUT2D eigenvalue weighted by atomic mass is 14.6. The lowest BCUT2D eigenvalue weighted by molar-refractivity contribution is 0.0997. The summed E-state index contributed by atoms with van der Waals surface area (Å²) in [5, 5.41) is 0. The van der Waals surface area contributed by atoms with E-state index in [1.165, 1.54) is 41.4 Å². The van der Waals surface area contributed by atoms with Crippen molar-refractivity contribution < 1.29 is 0 Å². The lowest BCUT2D eigenvalue weighted by Gasteiger charge is -2.39.